The van der Waals surface area contributed by atoms with Gasteiger partial charge in [-0.05, 0) is 52.9 Å². The van der Waals surface area contributed by atoms with Crippen LogP contribution >= 0.6 is 0 Å². The number of hydroxylamine groups is 1. The molecule has 0 unspecified atom stereocenters. The van der Waals surface area contributed by atoms with Gasteiger partial charge in [0.15, 0.2) is 0 Å². The summed E-state index contributed by atoms with van der Waals surface area (Å²) in [5, 5.41) is 10.7. The second kappa shape index (κ2) is 10.7. The molecule has 166 valence electrons. The average Bonchev–Trinajstić information content (AvgIpc) is 2.77. The van der Waals surface area contributed by atoms with Crippen LogP contribution in [0.25, 0.3) is 10.8 Å². The van der Waals surface area contributed by atoms with Gasteiger partial charge in [0.1, 0.15) is 12.4 Å². The van der Waals surface area contributed by atoms with Crippen LogP contribution in [0.3, 0.4) is 0 Å². The van der Waals surface area contributed by atoms with Crippen LogP contribution in [0.2, 0.25) is 0 Å². The molecule has 0 bridgehead atoms. The molecule has 0 amide bonds. The summed E-state index contributed by atoms with van der Waals surface area (Å²) in [4.78, 5) is 0.250. The third-order valence-corrected chi connectivity index (χ3v) is 6.99. The largest absolute Gasteiger partial charge is 0.489 e. The van der Waals surface area contributed by atoms with Gasteiger partial charge in [-0.3, -0.25) is 0 Å². The zero-order valence-electron chi connectivity index (χ0n) is 18.0. The third kappa shape index (κ3) is 6.27. The lowest BCUT2D eigenvalue weighted by atomic mass is 10.1. The molecule has 0 aromatic heterocycles. The lowest BCUT2D eigenvalue weighted by Gasteiger charge is -2.23. The Hall–Kier alpha value is -2.45. The number of benzene rings is 3. The summed E-state index contributed by atoms with van der Waals surface area (Å²) in [5.74, 6) is 1.12. The van der Waals surface area contributed by atoms with E-state index in [0.717, 1.165) is 28.5 Å². The van der Waals surface area contributed by atoms with E-state index in [2.05, 4.69) is 13.8 Å². The van der Waals surface area contributed by atoms with Crippen LogP contribution in [0.1, 0.15) is 25.8 Å². The summed E-state index contributed by atoms with van der Waals surface area (Å²) in [6.07, 6.45) is 0.750. The topological polar surface area (TPSA) is 78.9 Å². The van der Waals surface area contributed by atoms with Crippen molar-refractivity contribution < 1.29 is 18.4 Å². The molecule has 3 aromatic carbocycles. The first-order valence-electron chi connectivity index (χ1n) is 10.5. The van der Waals surface area contributed by atoms with Crippen molar-refractivity contribution in [2.24, 2.45) is 5.92 Å². The molecule has 0 spiro atoms. The highest BCUT2D eigenvalue weighted by Crippen LogP contribution is 2.26. The molecule has 3 aromatic rings. The Balaban J connectivity index is 1.79. The van der Waals surface area contributed by atoms with Gasteiger partial charge in [-0.1, -0.05) is 56.3 Å². The highest BCUT2D eigenvalue weighted by Gasteiger charge is 2.24. The van der Waals surface area contributed by atoms with Crippen LogP contribution in [-0.2, 0) is 16.6 Å². The van der Waals surface area contributed by atoms with Gasteiger partial charge in [-0.25, -0.2) is 13.9 Å². The van der Waals surface area contributed by atoms with Crippen molar-refractivity contribution in [3.8, 4) is 5.75 Å². The summed E-state index contributed by atoms with van der Waals surface area (Å²) in [6, 6.07) is 20.7. The SMILES string of the molecule is CC(C)CCN(CCNO)S(=O)(=O)c1ccc2cc(OCc3ccccc3)ccc2c1. The van der Waals surface area contributed by atoms with Gasteiger partial charge in [0.05, 0.1) is 4.90 Å². The maximum atomic E-state index is 13.2. The second-order valence-corrected chi connectivity index (χ2v) is 9.88. The van der Waals surface area contributed by atoms with Crippen molar-refractivity contribution >= 4 is 20.8 Å². The van der Waals surface area contributed by atoms with Crippen molar-refractivity contribution in [1.29, 1.82) is 0 Å². The van der Waals surface area contributed by atoms with Gasteiger partial charge in [0, 0.05) is 19.6 Å². The molecule has 0 aliphatic heterocycles. The van der Waals surface area contributed by atoms with E-state index in [4.69, 9.17) is 9.94 Å². The molecule has 2 N–H and O–H groups in total. The summed E-state index contributed by atoms with van der Waals surface area (Å²) >= 11 is 0. The molecule has 0 aliphatic rings. The molecule has 0 saturated heterocycles. The van der Waals surface area contributed by atoms with Gasteiger partial charge < -0.3 is 9.94 Å². The fourth-order valence-corrected chi connectivity index (χ4v) is 4.76. The Morgan fingerprint density at radius 1 is 0.968 bits per heavy atom. The summed E-state index contributed by atoms with van der Waals surface area (Å²) in [5.41, 5.74) is 3.13. The average molecular weight is 443 g/mol. The van der Waals surface area contributed by atoms with Crippen molar-refractivity contribution in [2.45, 2.75) is 31.8 Å². The Bertz CT molecular complexity index is 1090. The Morgan fingerprint density at radius 3 is 2.39 bits per heavy atom. The molecule has 0 atom stereocenters. The van der Waals surface area contributed by atoms with Gasteiger partial charge in [-0.15, -0.1) is 0 Å². The minimum absolute atomic E-state index is 0.174. The first-order valence-corrected chi connectivity index (χ1v) is 11.9. The van der Waals surface area contributed by atoms with Crippen LogP contribution < -0.4 is 10.2 Å². The molecule has 0 radical (unpaired) electrons. The second-order valence-electron chi connectivity index (χ2n) is 7.94. The first-order chi connectivity index (χ1) is 14.9. The minimum atomic E-state index is -3.67. The first kappa shape index (κ1) is 23.2. The van der Waals surface area contributed by atoms with E-state index >= 15 is 0 Å². The van der Waals surface area contributed by atoms with Gasteiger partial charge in [-0.2, -0.15) is 4.31 Å². The predicted octanol–water partition coefficient (Wildman–Crippen LogP) is 4.43. The van der Waals surface area contributed by atoms with E-state index in [1.165, 1.54) is 4.31 Å². The minimum Gasteiger partial charge on any atom is -0.489 e. The van der Waals surface area contributed by atoms with E-state index in [1.807, 2.05) is 60.1 Å². The van der Waals surface area contributed by atoms with Crippen LogP contribution in [0.5, 0.6) is 5.75 Å². The molecule has 0 heterocycles. The highest BCUT2D eigenvalue weighted by molar-refractivity contribution is 7.89. The number of hydrogen-bond acceptors (Lipinski definition) is 5. The van der Waals surface area contributed by atoms with E-state index in [9.17, 15) is 8.42 Å². The van der Waals surface area contributed by atoms with Crippen LogP contribution in [0, 0.1) is 5.92 Å². The number of rotatable bonds is 11. The molecule has 7 heteroatoms. The maximum absolute atomic E-state index is 13.2. The number of sulfonamides is 1. The fraction of sp³-hybridized carbons (Fsp3) is 0.333. The van der Waals surface area contributed by atoms with Crippen LogP contribution in [0.15, 0.2) is 71.6 Å². The monoisotopic (exact) mass is 442 g/mol. The van der Waals surface area contributed by atoms with Crippen molar-refractivity contribution in [1.82, 2.24) is 9.79 Å². The van der Waals surface area contributed by atoms with Crippen LogP contribution in [0.4, 0.5) is 0 Å². The fourth-order valence-electron chi connectivity index (χ4n) is 3.27. The Morgan fingerprint density at radius 2 is 1.68 bits per heavy atom. The smallest absolute Gasteiger partial charge is 0.243 e. The molecule has 6 nitrogen and oxygen atoms in total. The van der Waals surface area contributed by atoms with Gasteiger partial charge in [0.2, 0.25) is 10.0 Å². The lowest BCUT2D eigenvalue weighted by molar-refractivity contribution is 0.159. The molecule has 3 rings (SSSR count). The van der Waals surface area contributed by atoms with Crippen molar-refractivity contribution in [2.75, 3.05) is 19.6 Å². The van der Waals surface area contributed by atoms with E-state index in [-0.39, 0.29) is 18.0 Å². The lowest BCUT2D eigenvalue weighted by Crippen LogP contribution is -2.37. The molecular weight excluding hydrogens is 412 g/mol. The van der Waals surface area contributed by atoms with Crippen molar-refractivity contribution in [3.05, 3.63) is 72.3 Å². The number of hydrogen-bond donors (Lipinski definition) is 2. The zero-order valence-corrected chi connectivity index (χ0v) is 18.8. The van der Waals surface area contributed by atoms with Gasteiger partial charge in [0.25, 0.3) is 0 Å². The summed E-state index contributed by atoms with van der Waals surface area (Å²) < 4.78 is 33.7. The zero-order chi connectivity index (χ0) is 22.3. The van der Waals surface area contributed by atoms with E-state index in [1.54, 1.807) is 12.1 Å². The van der Waals surface area contributed by atoms with E-state index in [0.29, 0.717) is 19.1 Å². The standard InChI is InChI=1S/C24H30N2O4S/c1-19(2)12-14-26(15-13-25-27)31(28,29)24-11-9-21-16-23(10-8-22(21)17-24)30-18-20-6-4-3-5-7-20/h3-11,16-17,19,25,27H,12-15,18H2,1-2H3. The third-order valence-electron chi connectivity index (χ3n) is 5.10. The number of nitrogens with zero attached hydrogens (tertiary/aromatic N) is 1. The summed E-state index contributed by atoms with van der Waals surface area (Å²) in [6.45, 7) is 5.38. The normalized spacial score (nSPS) is 12.0. The molecule has 0 aliphatic carbocycles. The molecule has 0 fully saturated rings. The Labute approximate surface area is 184 Å². The summed E-state index contributed by atoms with van der Waals surface area (Å²) in [7, 11) is -3.67. The Kier molecular flexibility index (Phi) is 8.03. The highest BCUT2D eigenvalue weighted by atomic mass is 32.2. The number of ether oxygens (including phenoxy) is 1. The molecular formula is C24H30N2O4S. The molecule has 0 saturated carbocycles. The van der Waals surface area contributed by atoms with Crippen LogP contribution in [-0.4, -0.2) is 37.6 Å². The van der Waals surface area contributed by atoms with E-state index < -0.39 is 10.0 Å². The number of nitrogens with one attached hydrogen (secondary N) is 1. The number of fused-ring (bicyclic) bond motifs is 1. The predicted molar refractivity (Wildman–Crippen MR) is 123 cm³/mol. The van der Waals surface area contributed by atoms with Gasteiger partial charge >= 0.3 is 0 Å². The van der Waals surface area contributed by atoms with Crippen molar-refractivity contribution in [3.63, 3.8) is 0 Å². The quantitative estimate of drug-likeness (QED) is 0.430. The maximum Gasteiger partial charge on any atom is 0.243 e. The molecule has 31 heavy (non-hydrogen) atoms.